The third kappa shape index (κ3) is 5.64. The highest BCUT2D eigenvalue weighted by Gasteiger charge is 2.50. The minimum Gasteiger partial charge on any atom is -0.393 e. The molecule has 3 saturated carbocycles. The zero-order chi connectivity index (χ0) is 26.1. The minimum atomic E-state index is -0.821. The van der Waals surface area contributed by atoms with Gasteiger partial charge in [0, 0.05) is 12.3 Å². The first-order valence-corrected chi connectivity index (χ1v) is 13.9. The van der Waals surface area contributed by atoms with Crippen molar-refractivity contribution < 1.29 is 15.3 Å². The standard InChI is InChI=1S/C33H46O3/c1-22(13-16-29(32(3,4)36)24-10-7-6-8-11-24)28-17-18-30-25(12-9-19-33(28,30)5)14-15-26-20-27(34)21-31(35)23(26)2/h6-8,10-11,13-16,22,27-31,34-36H,2,9,12,17-21H2,1,3-5H3/b16-13+,25-14+,26-15-/t22-,27-,28-,29+,30+,31+,33-/m1/s1. The maximum absolute atomic E-state index is 10.9. The molecule has 3 aliphatic carbocycles. The fourth-order valence-electron chi connectivity index (χ4n) is 7.44. The lowest BCUT2D eigenvalue weighted by molar-refractivity contribution is 0.0645. The molecule has 1 aromatic rings. The highest BCUT2D eigenvalue weighted by Crippen LogP contribution is 2.59. The van der Waals surface area contributed by atoms with Crippen LogP contribution in [0.15, 0.2) is 77.9 Å². The van der Waals surface area contributed by atoms with E-state index in [-0.39, 0.29) is 11.3 Å². The van der Waals surface area contributed by atoms with Gasteiger partial charge in [0.1, 0.15) is 0 Å². The van der Waals surface area contributed by atoms with Crippen molar-refractivity contribution in [1.82, 2.24) is 0 Å². The Kier molecular flexibility index (Phi) is 8.14. The monoisotopic (exact) mass is 490 g/mol. The number of rotatable bonds is 6. The molecule has 4 rings (SSSR count). The van der Waals surface area contributed by atoms with Crippen molar-refractivity contribution in [2.45, 2.75) is 96.4 Å². The maximum Gasteiger partial charge on any atom is 0.0811 e. The van der Waals surface area contributed by atoms with Crippen LogP contribution in [0.5, 0.6) is 0 Å². The molecule has 7 atom stereocenters. The van der Waals surface area contributed by atoms with Gasteiger partial charge in [0.05, 0.1) is 17.8 Å². The number of hydrogen-bond acceptors (Lipinski definition) is 3. The minimum absolute atomic E-state index is 0.0334. The molecular weight excluding hydrogens is 444 g/mol. The van der Waals surface area contributed by atoms with Crippen LogP contribution >= 0.6 is 0 Å². The summed E-state index contributed by atoms with van der Waals surface area (Å²) in [4.78, 5) is 0. The fraction of sp³-hybridized carbons (Fsp3) is 0.576. The summed E-state index contributed by atoms with van der Waals surface area (Å²) in [5, 5.41) is 31.2. The molecule has 3 N–H and O–H groups in total. The second-order valence-corrected chi connectivity index (χ2v) is 12.5. The number of aliphatic hydroxyl groups excluding tert-OH is 2. The number of hydrogen-bond donors (Lipinski definition) is 3. The van der Waals surface area contributed by atoms with Crippen LogP contribution in [-0.2, 0) is 0 Å². The molecule has 3 heteroatoms. The normalized spacial score (nSPS) is 35.4. The predicted octanol–water partition coefficient (Wildman–Crippen LogP) is 6.87. The quantitative estimate of drug-likeness (QED) is 0.381. The van der Waals surface area contributed by atoms with E-state index >= 15 is 0 Å². The Balaban J connectivity index is 1.52. The first-order valence-electron chi connectivity index (χ1n) is 13.9. The van der Waals surface area contributed by atoms with Crippen LogP contribution in [0.25, 0.3) is 0 Å². The zero-order valence-electron chi connectivity index (χ0n) is 22.7. The average molecular weight is 491 g/mol. The molecule has 3 fully saturated rings. The lowest BCUT2D eigenvalue weighted by Gasteiger charge is -2.44. The van der Waals surface area contributed by atoms with E-state index in [1.54, 1.807) is 0 Å². The highest BCUT2D eigenvalue weighted by atomic mass is 16.3. The molecule has 196 valence electrons. The van der Waals surface area contributed by atoms with Crippen molar-refractivity contribution in [3.8, 4) is 0 Å². The summed E-state index contributed by atoms with van der Waals surface area (Å²) >= 11 is 0. The largest absolute Gasteiger partial charge is 0.393 e. The molecule has 0 aromatic heterocycles. The molecule has 0 bridgehead atoms. The van der Waals surface area contributed by atoms with E-state index in [1.165, 1.54) is 31.3 Å². The van der Waals surface area contributed by atoms with E-state index in [4.69, 9.17) is 0 Å². The number of fused-ring (bicyclic) bond motifs is 1. The molecule has 0 radical (unpaired) electrons. The Morgan fingerprint density at radius 2 is 1.81 bits per heavy atom. The summed E-state index contributed by atoms with van der Waals surface area (Å²) in [6, 6.07) is 10.3. The molecule has 36 heavy (non-hydrogen) atoms. The van der Waals surface area contributed by atoms with Gasteiger partial charge in [0.25, 0.3) is 0 Å². The smallest absolute Gasteiger partial charge is 0.0811 e. The van der Waals surface area contributed by atoms with Crippen molar-refractivity contribution in [2.24, 2.45) is 23.2 Å². The van der Waals surface area contributed by atoms with E-state index in [0.717, 1.165) is 23.1 Å². The summed E-state index contributed by atoms with van der Waals surface area (Å²) in [6.07, 6.45) is 14.9. The van der Waals surface area contributed by atoms with E-state index in [1.807, 2.05) is 32.0 Å². The van der Waals surface area contributed by atoms with Crippen molar-refractivity contribution in [1.29, 1.82) is 0 Å². The number of benzene rings is 1. The molecule has 0 heterocycles. The molecule has 0 amide bonds. The lowest BCUT2D eigenvalue weighted by atomic mass is 9.61. The maximum atomic E-state index is 10.9. The predicted molar refractivity (Wildman–Crippen MR) is 149 cm³/mol. The van der Waals surface area contributed by atoms with Gasteiger partial charge in [-0.05, 0) is 92.3 Å². The topological polar surface area (TPSA) is 60.7 Å². The first kappa shape index (κ1) is 27.1. The van der Waals surface area contributed by atoms with Crippen LogP contribution in [0, 0.1) is 23.2 Å². The van der Waals surface area contributed by atoms with Crippen LogP contribution in [-0.4, -0.2) is 33.1 Å². The summed E-state index contributed by atoms with van der Waals surface area (Å²) in [6.45, 7) is 12.7. The van der Waals surface area contributed by atoms with Crippen LogP contribution in [0.2, 0.25) is 0 Å². The van der Waals surface area contributed by atoms with Crippen molar-refractivity contribution >= 4 is 0 Å². The molecule has 1 aromatic carbocycles. The molecular formula is C33H46O3. The number of aliphatic hydroxyl groups is 3. The van der Waals surface area contributed by atoms with Crippen LogP contribution < -0.4 is 0 Å². The van der Waals surface area contributed by atoms with Crippen molar-refractivity contribution in [2.75, 3.05) is 0 Å². The fourth-order valence-corrected chi connectivity index (χ4v) is 7.44. The van der Waals surface area contributed by atoms with Crippen LogP contribution in [0.3, 0.4) is 0 Å². The van der Waals surface area contributed by atoms with Gasteiger partial charge in [-0.1, -0.05) is 80.6 Å². The average Bonchev–Trinajstić information content (AvgIpc) is 3.18. The SMILES string of the molecule is C=C1/C(=C\C=C2/CCC[C@]3(C)[C@@H]([C@H](C)/C=C/[C@@H](c4ccccc4)C(C)(C)O)CC[C@@H]23)C[C@@H](O)C[C@@H]1O. The third-order valence-electron chi connectivity index (χ3n) is 9.46. The van der Waals surface area contributed by atoms with Gasteiger partial charge in [-0.2, -0.15) is 0 Å². The summed E-state index contributed by atoms with van der Waals surface area (Å²) < 4.78 is 0. The summed E-state index contributed by atoms with van der Waals surface area (Å²) in [7, 11) is 0. The van der Waals surface area contributed by atoms with Gasteiger partial charge in [-0.25, -0.2) is 0 Å². The van der Waals surface area contributed by atoms with Gasteiger partial charge >= 0.3 is 0 Å². The van der Waals surface area contributed by atoms with Gasteiger partial charge in [0.2, 0.25) is 0 Å². The Hall–Kier alpha value is -1.94. The first-order chi connectivity index (χ1) is 17.0. The van der Waals surface area contributed by atoms with Gasteiger partial charge < -0.3 is 15.3 Å². The number of allylic oxidation sites excluding steroid dienone is 4. The van der Waals surface area contributed by atoms with Gasteiger partial charge in [-0.3, -0.25) is 0 Å². The molecule has 0 spiro atoms. The Labute approximate surface area is 218 Å². The second-order valence-electron chi connectivity index (χ2n) is 12.5. The van der Waals surface area contributed by atoms with E-state index in [2.05, 4.69) is 56.9 Å². The highest BCUT2D eigenvalue weighted by molar-refractivity contribution is 5.39. The van der Waals surface area contributed by atoms with Gasteiger partial charge in [-0.15, -0.1) is 0 Å². The lowest BCUT2D eigenvalue weighted by Crippen LogP contribution is -2.35. The summed E-state index contributed by atoms with van der Waals surface area (Å²) in [5.74, 6) is 1.60. The van der Waals surface area contributed by atoms with E-state index in [0.29, 0.717) is 30.6 Å². The second kappa shape index (κ2) is 10.8. The van der Waals surface area contributed by atoms with E-state index in [9.17, 15) is 15.3 Å². The Morgan fingerprint density at radius 3 is 2.50 bits per heavy atom. The summed E-state index contributed by atoms with van der Waals surface area (Å²) in [5.41, 5.74) is 3.88. The van der Waals surface area contributed by atoms with Crippen molar-refractivity contribution in [3.05, 3.63) is 83.5 Å². The van der Waals surface area contributed by atoms with E-state index < -0.39 is 17.8 Å². The molecule has 0 unspecified atom stereocenters. The molecule has 0 saturated heterocycles. The molecule has 0 aliphatic heterocycles. The van der Waals surface area contributed by atoms with Gasteiger partial charge in [0.15, 0.2) is 0 Å². The Morgan fingerprint density at radius 1 is 1.08 bits per heavy atom. The zero-order valence-corrected chi connectivity index (χ0v) is 22.7. The van der Waals surface area contributed by atoms with Crippen molar-refractivity contribution in [3.63, 3.8) is 0 Å². The molecule has 3 aliphatic rings. The van der Waals surface area contributed by atoms with Crippen LogP contribution in [0.4, 0.5) is 0 Å². The Bertz CT molecular complexity index is 1010. The third-order valence-corrected chi connectivity index (χ3v) is 9.46. The van der Waals surface area contributed by atoms with Crippen LogP contribution in [0.1, 0.15) is 84.1 Å². The molecule has 3 nitrogen and oxygen atoms in total.